The van der Waals surface area contributed by atoms with Gasteiger partial charge in [0.2, 0.25) is 0 Å². The Morgan fingerprint density at radius 3 is 2.36 bits per heavy atom. The SMILES string of the molecule is Cc1ccc(Cc2c(C(=O)NCCc3ccccc3)sc3ccccc23)cc1. The molecule has 0 aliphatic rings. The second kappa shape index (κ2) is 8.41. The van der Waals surface area contributed by atoms with E-state index in [0.29, 0.717) is 6.54 Å². The molecule has 0 bridgehead atoms. The van der Waals surface area contributed by atoms with Crippen LogP contribution in [0, 0.1) is 6.92 Å². The van der Waals surface area contributed by atoms with Crippen molar-refractivity contribution in [1.29, 1.82) is 0 Å². The van der Waals surface area contributed by atoms with E-state index in [2.05, 4.69) is 60.8 Å². The van der Waals surface area contributed by atoms with E-state index in [-0.39, 0.29) is 5.91 Å². The number of carbonyl (C=O) groups excluding carboxylic acids is 1. The fraction of sp³-hybridized carbons (Fsp3) is 0.160. The maximum atomic E-state index is 13.0. The molecule has 3 aromatic carbocycles. The lowest BCUT2D eigenvalue weighted by molar-refractivity contribution is 0.0957. The van der Waals surface area contributed by atoms with Gasteiger partial charge in [0.1, 0.15) is 0 Å². The largest absolute Gasteiger partial charge is 0.351 e. The van der Waals surface area contributed by atoms with Gasteiger partial charge in [-0.1, -0.05) is 78.4 Å². The van der Waals surface area contributed by atoms with E-state index in [1.807, 2.05) is 30.3 Å². The number of thiophene rings is 1. The van der Waals surface area contributed by atoms with Crippen molar-refractivity contribution in [2.24, 2.45) is 0 Å². The number of fused-ring (bicyclic) bond motifs is 1. The second-order valence-electron chi connectivity index (χ2n) is 7.06. The summed E-state index contributed by atoms with van der Waals surface area (Å²) in [5.74, 6) is 0.0271. The van der Waals surface area contributed by atoms with E-state index in [9.17, 15) is 4.79 Å². The van der Waals surface area contributed by atoms with Crippen molar-refractivity contribution in [2.45, 2.75) is 19.8 Å². The van der Waals surface area contributed by atoms with Gasteiger partial charge >= 0.3 is 0 Å². The number of rotatable bonds is 6. The van der Waals surface area contributed by atoms with Crippen LogP contribution in [0.5, 0.6) is 0 Å². The molecule has 0 fully saturated rings. The van der Waals surface area contributed by atoms with E-state index < -0.39 is 0 Å². The Labute approximate surface area is 169 Å². The minimum atomic E-state index is 0.0271. The lowest BCUT2D eigenvalue weighted by Gasteiger charge is -2.08. The zero-order chi connectivity index (χ0) is 19.3. The molecule has 0 spiro atoms. The zero-order valence-corrected chi connectivity index (χ0v) is 16.8. The Kier molecular flexibility index (Phi) is 5.54. The van der Waals surface area contributed by atoms with Crippen LogP contribution in [0.2, 0.25) is 0 Å². The fourth-order valence-electron chi connectivity index (χ4n) is 3.41. The standard InChI is InChI=1S/C25H23NOS/c1-18-11-13-20(14-12-18)17-22-21-9-5-6-10-23(21)28-24(22)25(27)26-16-15-19-7-3-2-4-8-19/h2-14H,15-17H2,1H3,(H,26,27). The van der Waals surface area contributed by atoms with Crippen molar-refractivity contribution in [3.05, 3.63) is 106 Å². The highest BCUT2D eigenvalue weighted by Gasteiger charge is 2.18. The molecule has 1 amide bonds. The molecule has 28 heavy (non-hydrogen) atoms. The van der Waals surface area contributed by atoms with Crippen LogP contribution in [0.15, 0.2) is 78.9 Å². The monoisotopic (exact) mass is 385 g/mol. The number of aryl methyl sites for hydroxylation is 1. The van der Waals surface area contributed by atoms with E-state index in [0.717, 1.165) is 28.0 Å². The van der Waals surface area contributed by atoms with Crippen molar-refractivity contribution in [3.63, 3.8) is 0 Å². The highest BCUT2D eigenvalue weighted by Crippen LogP contribution is 2.33. The highest BCUT2D eigenvalue weighted by atomic mass is 32.1. The van der Waals surface area contributed by atoms with Crippen molar-refractivity contribution < 1.29 is 4.79 Å². The zero-order valence-electron chi connectivity index (χ0n) is 15.9. The lowest BCUT2D eigenvalue weighted by atomic mass is 10.0. The van der Waals surface area contributed by atoms with Crippen LogP contribution in [-0.2, 0) is 12.8 Å². The topological polar surface area (TPSA) is 29.1 Å². The van der Waals surface area contributed by atoms with E-state index >= 15 is 0 Å². The van der Waals surface area contributed by atoms with Gasteiger partial charge in [-0.25, -0.2) is 0 Å². The second-order valence-corrected chi connectivity index (χ2v) is 8.11. The van der Waals surface area contributed by atoms with Gasteiger partial charge in [-0.15, -0.1) is 11.3 Å². The molecular weight excluding hydrogens is 362 g/mol. The van der Waals surface area contributed by atoms with Crippen LogP contribution in [0.1, 0.15) is 31.9 Å². The van der Waals surface area contributed by atoms with Crippen LogP contribution >= 0.6 is 11.3 Å². The Bertz CT molecular complexity index is 1080. The minimum absolute atomic E-state index is 0.0271. The van der Waals surface area contributed by atoms with Crippen LogP contribution in [0.3, 0.4) is 0 Å². The number of hydrogen-bond donors (Lipinski definition) is 1. The first-order chi connectivity index (χ1) is 13.7. The molecule has 4 aromatic rings. The summed E-state index contributed by atoms with van der Waals surface area (Å²) in [4.78, 5) is 13.8. The van der Waals surface area contributed by atoms with Gasteiger partial charge in [0.25, 0.3) is 5.91 Å². The molecule has 0 aliphatic heterocycles. The van der Waals surface area contributed by atoms with E-state index in [4.69, 9.17) is 0 Å². The quantitative estimate of drug-likeness (QED) is 0.448. The maximum Gasteiger partial charge on any atom is 0.261 e. The Balaban J connectivity index is 1.56. The molecular formula is C25H23NOS. The molecule has 0 unspecified atom stereocenters. The van der Waals surface area contributed by atoms with Crippen molar-refractivity contribution in [2.75, 3.05) is 6.54 Å². The first-order valence-corrected chi connectivity index (χ1v) is 10.4. The van der Waals surface area contributed by atoms with Gasteiger partial charge in [0, 0.05) is 11.2 Å². The fourth-order valence-corrected chi connectivity index (χ4v) is 4.55. The first kappa shape index (κ1) is 18.5. The normalized spacial score (nSPS) is 10.9. The molecule has 3 heteroatoms. The number of amides is 1. The number of benzene rings is 3. The van der Waals surface area contributed by atoms with Crippen molar-refractivity contribution in [1.82, 2.24) is 5.32 Å². The van der Waals surface area contributed by atoms with Gasteiger partial charge in [0.15, 0.2) is 0 Å². The van der Waals surface area contributed by atoms with Crippen molar-refractivity contribution >= 4 is 27.3 Å². The number of nitrogens with one attached hydrogen (secondary N) is 1. The molecule has 1 N–H and O–H groups in total. The molecule has 1 aromatic heterocycles. The summed E-state index contributed by atoms with van der Waals surface area (Å²) in [5, 5.41) is 4.30. The molecule has 0 radical (unpaired) electrons. The molecule has 0 aliphatic carbocycles. The van der Waals surface area contributed by atoms with Crippen LogP contribution in [0.25, 0.3) is 10.1 Å². The summed E-state index contributed by atoms with van der Waals surface area (Å²) in [6.07, 6.45) is 1.61. The van der Waals surface area contributed by atoms with Crippen LogP contribution in [-0.4, -0.2) is 12.5 Å². The van der Waals surface area contributed by atoms with E-state index in [1.54, 1.807) is 11.3 Å². The molecule has 0 atom stereocenters. The highest BCUT2D eigenvalue weighted by molar-refractivity contribution is 7.21. The molecule has 0 saturated carbocycles. The summed E-state index contributed by atoms with van der Waals surface area (Å²) in [5.41, 5.74) is 4.84. The third kappa shape index (κ3) is 4.15. The van der Waals surface area contributed by atoms with Gasteiger partial charge in [0.05, 0.1) is 4.88 Å². The summed E-state index contributed by atoms with van der Waals surface area (Å²) in [6, 6.07) is 27.1. The van der Waals surface area contributed by atoms with Gasteiger partial charge in [-0.05, 0) is 47.9 Å². The van der Waals surface area contributed by atoms with Crippen LogP contribution < -0.4 is 5.32 Å². The minimum Gasteiger partial charge on any atom is -0.351 e. The first-order valence-electron chi connectivity index (χ1n) is 9.59. The molecule has 0 saturated heterocycles. The molecule has 4 rings (SSSR count). The van der Waals surface area contributed by atoms with E-state index in [1.165, 1.54) is 22.1 Å². The van der Waals surface area contributed by atoms with Crippen LogP contribution in [0.4, 0.5) is 0 Å². The van der Waals surface area contributed by atoms with Crippen molar-refractivity contribution in [3.8, 4) is 0 Å². The third-order valence-corrected chi connectivity index (χ3v) is 6.16. The Morgan fingerprint density at radius 2 is 1.57 bits per heavy atom. The summed E-state index contributed by atoms with van der Waals surface area (Å²) >= 11 is 1.59. The molecule has 140 valence electrons. The predicted molar refractivity (Wildman–Crippen MR) is 118 cm³/mol. The molecule has 2 nitrogen and oxygen atoms in total. The average Bonchev–Trinajstić information content (AvgIpc) is 3.09. The predicted octanol–water partition coefficient (Wildman–Crippen LogP) is 5.77. The smallest absolute Gasteiger partial charge is 0.261 e. The summed E-state index contributed by atoms with van der Waals surface area (Å²) in [6.45, 7) is 2.73. The van der Waals surface area contributed by atoms with Gasteiger partial charge in [-0.2, -0.15) is 0 Å². The Hall–Kier alpha value is -2.91. The molecule has 1 heterocycles. The number of carbonyl (C=O) groups is 1. The third-order valence-electron chi connectivity index (χ3n) is 4.95. The number of hydrogen-bond acceptors (Lipinski definition) is 2. The summed E-state index contributed by atoms with van der Waals surface area (Å²) in [7, 11) is 0. The maximum absolute atomic E-state index is 13.0. The average molecular weight is 386 g/mol. The van der Waals surface area contributed by atoms with Gasteiger partial charge < -0.3 is 5.32 Å². The van der Waals surface area contributed by atoms with Gasteiger partial charge in [-0.3, -0.25) is 4.79 Å². The lowest BCUT2D eigenvalue weighted by Crippen LogP contribution is -2.25. The Morgan fingerprint density at radius 1 is 0.857 bits per heavy atom. The summed E-state index contributed by atoms with van der Waals surface area (Å²) < 4.78 is 1.16.